The summed E-state index contributed by atoms with van der Waals surface area (Å²) in [5.74, 6) is -1.81. The highest BCUT2D eigenvalue weighted by atomic mass is 16.5. The van der Waals surface area contributed by atoms with Crippen LogP contribution in [-0.2, 0) is 16.2 Å². The van der Waals surface area contributed by atoms with E-state index in [1.807, 2.05) is 30.3 Å². The fraction of sp³-hybridized carbons (Fsp3) is 0.200. The van der Waals surface area contributed by atoms with Crippen LogP contribution in [-0.4, -0.2) is 27.3 Å². The van der Waals surface area contributed by atoms with Gasteiger partial charge in [-0.1, -0.05) is 54.6 Å². The first-order chi connectivity index (χ1) is 14.8. The molecule has 3 rings (SSSR count). The molecule has 0 saturated heterocycles. The van der Waals surface area contributed by atoms with Gasteiger partial charge in [-0.25, -0.2) is 0 Å². The predicted molar refractivity (Wildman–Crippen MR) is 117 cm³/mol. The molecule has 0 fully saturated rings. The minimum Gasteiger partial charge on any atom is -0.508 e. The molecule has 2 atom stereocenters. The zero-order valence-electron chi connectivity index (χ0n) is 17.4. The first kappa shape index (κ1) is 23.5. The SMILES string of the molecule is CC(C(=O)O)c1ccc(O)cc1.CC(C(=O)O)c1ccc(OCc2ccccc2)cc1. The molecule has 162 valence electrons. The van der Waals surface area contributed by atoms with Crippen molar-refractivity contribution in [3.8, 4) is 11.5 Å². The Balaban J connectivity index is 0.000000245. The number of carboxylic acid groups (broad SMARTS) is 2. The summed E-state index contributed by atoms with van der Waals surface area (Å²) in [4.78, 5) is 21.4. The molecular formula is C25H26O6. The molecule has 0 saturated carbocycles. The van der Waals surface area contributed by atoms with Gasteiger partial charge >= 0.3 is 11.9 Å². The molecule has 2 unspecified atom stereocenters. The first-order valence-electron chi connectivity index (χ1n) is 9.79. The summed E-state index contributed by atoms with van der Waals surface area (Å²) in [5, 5.41) is 26.5. The van der Waals surface area contributed by atoms with Crippen LogP contribution in [0, 0.1) is 0 Å². The fourth-order valence-corrected chi connectivity index (χ4v) is 2.64. The monoisotopic (exact) mass is 422 g/mol. The quantitative estimate of drug-likeness (QED) is 0.493. The van der Waals surface area contributed by atoms with Gasteiger partial charge in [0, 0.05) is 0 Å². The third-order valence-corrected chi connectivity index (χ3v) is 4.76. The highest BCUT2D eigenvalue weighted by molar-refractivity contribution is 5.76. The molecule has 0 heterocycles. The third-order valence-electron chi connectivity index (χ3n) is 4.76. The average molecular weight is 422 g/mol. The topological polar surface area (TPSA) is 104 Å². The van der Waals surface area contributed by atoms with Crippen molar-refractivity contribution >= 4 is 11.9 Å². The fourth-order valence-electron chi connectivity index (χ4n) is 2.64. The van der Waals surface area contributed by atoms with Crippen LogP contribution in [0.25, 0.3) is 0 Å². The molecule has 0 aliphatic rings. The van der Waals surface area contributed by atoms with Crippen molar-refractivity contribution in [1.29, 1.82) is 0 Å². The molecule has 31 heavy (non-hydrogen) atoms. The maximum Gasteiger partial charge on any atom is 0.310 e. The van der Waals surface area contributed by atoms with Gasteiger partial charge in [-0.05, 0) is 54.8 Å². The van der Waals surface area contributed by atoms with E-state index in [4.69, 9.17) is 20.1 Å². The van der Waals surface area contributed by atoms with E-state index in [-0.39, 0.29) is 5.75 Å². The highest BCUT2D eigenvalue weighted by Crippen LogP contribution is 2.20. The third kappa shape index (κ3) is 7.51. The van der Waals surface area contributed by atoms with E-state index in [1.165, 1.54) is 12.1 Å². The van der Waals surface area contributed by atoms with E-state index in [1.54, 1.807) is 50.2 Å². The Morgan fingerprint density at radius 3 is 1.65 bits per heavy atom. The molecule has 6 heteroatoms. The van der Waals surface area contributed by atoms with E-state index in [0.29, 0.717) is 12.2 Å². The van der Waals surface area contributed by atoms with E-state index in [0.717, 1.165) is 16.9 Å². The lowest BCUT2D eigenvalue weighted by Gasteiger charge is -2.09. The minimum absolute atomic E-state index is 0.149. The molecule has 6 nitrogen and oxygen atoms in total. The molecule has 0 spiro atoms. The number of benzene rings is 3. The number of hydrogen-bond donors (Lipinski definition) is 3. The summed E-state index contributed by atoms with van der Waals surface area (Å²) in [7, 11) is 0. The lowest BCUT2D eigenvalue weighted by molar-refractivity contribution is -0.139. The van der Waals surface area contributed by atoms with Gasteiger partial charge in [0.05, 0.1) is 11.8 Å². The zero-order valence-corrected chi connectivity index (χ0v) is 17.4. The zero-order chi connectivity index (χ0) is 22.8. The van der Waals surface area contributed by atoms with Crippen LogP contribution in [0.5, 0.6) is 11.5 Å². The Kier molecular flexibility index (Phi) is 8.64. The van der Waals surface area contributed by atoms with Gasteiger partial charge in [0.25, 0.3) is 0 Å². The first-order valence-corrected chi connectivity index (χ1v) is 9.79. The number of aliphatic carboxylic acids is 2. The van der Waals surface area contributed by atoms with Crippen LogP contribution >= 0.6 is 0 Å². The summed E-state index contributed by atoms with van der Waals surface area (Å²) >= 11 is 0. The lowest BCUT2D eigenvalue weighted by atomic mass is 10.0. The van der Waals surface area contributed by atoms with E-state index in [9.17, 15) is 9.59 Å². The van der Waals surface area contributed by atoms with Gasteiger partial charge in [0.15, 0.2) is 0 Å². The van der Waals surface area contributed by atoms with Crippen LogP contribution in [0.2, 0.25) is 0 Å². The molecule has 3 aromatic rings. The van der Waals surface area contributed by atoms with Crippen molar-refractivity contribution in [2.75, 3.05) is 0 Å². The van der Waals surface area contributed by atoms with Gasteiger partial charge in [0.1, 0.15) is 18.1 Å². The molecular weight excluding hydrogens is 396 g/mol. The number of ether oxygens (including phenoxy) is 1. The molecule has 0 radical (unpaired) electrons. The highest BCUT2D eigenvalue weighted by Gasteiger charge is 2.13. The summed E-state index contributed by atoms with van der Waals surface area (Å²) in [6.45, 7) is 3.78. The lowest BCUT2D eigenvalue weighted by Crippen LogP contribution is -2.07. The maximum atomic E-state index is 10.9. The second kappa shape index (κ2) is 11.4. The van der Waals surface area contributed by atoms with E-state index in [2.05, 4.69) is 0 Å². The number of hydrogen-bond acceptors (Lipinski definition) is 4. The second-order valence-corrected chi connectivity index (χ2v) is 7.05. The van der Waals surface area contributed by atoms with Gasteiger partial charge in [-0.2, -0.15) is 0 Å². The van der Waals surface area contributed by atoms with Crippen LogP contribution in [0.1, 0.15) is 42.4 Å². The van der Waals surface area contributed by atoms with Crippen molar-refractivity contribution in [3.63, 3.8) is 0 Å². The van der Waals surface area contributed by atoms with Crippen LogP contribution < -0.4 is 4.74 Å². The smallest absolute Gasteiger partial charge is 0.310 e. The molecule has 0 aromatic heterocycles. The molecule has 0 amide bonds. The standard InChI is InChI=1S/C16H16O3.C9H10O3/c1-12(16(17)18)14-7-9-15(10-8-14)19-11-13-5-3-2-4-6-13;1-6(9(11)12)7-2-4-8(10)5-3-7/h2-10,12H,11H2,1H3,(H,17,18);2-6,10H,1H3,(H,11,12). The summed E-state index contributed by atoms with van der Waals surface area (Å²) < 4.78 is 5.64. The van der Waals surface area contributed by atoms with Crippen molar-refractivity contribution in [2.24, 2.45) is 0 Å². The largest absolute Gasteiger partial charge is 0.508 e. The van der Waals surface area contributed by atoms with Crippen LogP contribution in [0.15, 0.2) is 78.9 Å². The minimum atomic E-state index is -0.860. The molecule has 3 N–H and O–H groups in total. The van der Waals surface area contributed by atoms with Crippen LogP contribution in [0.4, 0.5) is 0 Å². The van der Waals surface area contributed by atoms with Crippen molar-refractivity contribution in [3.05, 3.63) is 95.6 Å². The Morgan fingerprint density at radius 2 is 1.19 bits per heavy atom. The van der Waals surface area contributed by atoms with Gasteiger partial charge in [-0.15, -0.1) is 0 Å². The number of phenols is 1. The molecule has 3 aromatic carbocycles. The Hall–Kier alpha value is -3.80. The van der Waals surface area contributed by atoms with Gasteiger partial charge in [0.2, 0.25) is 0 Å². The maximum absolute atomic E-state index is 10.9. The molecule has 0 aliphatic heterocycles. The van der Waals surface area contributed by atoms with Gasteiger partial charge in [-0.3, -0.25) is 9.59 Å². The number of carboxylic acids is 2. The molecule has 0 bridgehead atoms. The Morgan fingerprint density at radius 1 is 0.742 bits per heavy atom. The average Bonchev–Trinajstić information content (AvgIpc) is 2.78. The summed E-state index contributed by atoms with van der Waals surface area (Å²) in [5.41, 5.74) is 2.57. The Labute approximate surface area is 181 Å². The van der Waals surface area contributed by atoms with Crippen molar-refractivity contribution < 1.29 is 29.6 Å². The number of carbonyl (C=O) groups is 2. The van der Waals surface area contributed by atoms with Crippen molar-refractivity contribution in [1.82, 2.24) is 0 Å². The second-order valence-electron chi connectivity index (χ2n) is 7.05. The predicted octanol–water partition coefficient (Wildman–Crippen LogP) is 5.03. The number of phenolic OH excluding ortho intramolecular Hbond substituents is 1. The Bertz CT molecular complexity index is 965. The van der Waals surface area contributed by atoms with Crippen molar-refractivity contribution in [2.45, 2.75) is 32.3 Å². The normalized spacial score (nSPS) is 12.1. The molecule has 0 aliphatic carbocycles. The number of aromatic hydroxyl groups is 1. The van der Waals surface area contributed by atoms with E-state index >= 15 is 0 Å². The number of rotatable bonds is 7. The van der Waals surface area contributed by atoms with Gasteiger partial charge < -0.3 is 20.1 Å². The van der Waals surface area contributed by atoms with Crippen LogP contribution in [0.3, 0.4) is 0 Å². The summed E-state index contributed by atoms with van der Waals surface area (Å²) in [6, 6.07) is 23.3. The van der Waals surface area contributed by atoms with E-state index < -0.39 is 23.8 Å². The summed E-state index contributed by atoms with van der Waals surface area (Å²) in [6.07, 6.45) is 0.